The molecule has 4 aromatic rings. The molecule has 0 saturated carbocycles. The van der Waals surface area contributed by atoms with Crippen molar-refractivity contribution >= 4 is 38.3 Å². The van der Waals surface area contributed by atoms with Gasteiger partial charge < -0.3 is 0 Å². The van der Waals surface area contributed by atoms with Crippen molar-refractivity contribution in [3.63, 3.8) is 0 Å². The minimum Gasteiger partial charge on any atom is -0.279 e. The third kappa shape index (κ3) is 3.77. The summed E-state index contributed by atoms with van der Waals surface area (Å²) in [5.41, 5.74) is 3.56. The Hall–Kier alpha value is -3.65. The normalized spacial score (nSPS) is 10.9. The summed E-state index contributed by atoms with van der Waals surface area (Å²) in [4.78, 5) is 34.7. The molecule has 1 amide bonds. The summed E-state index contributed by atoms with van der Waals surface area (Å²) in [6, 6.07) is 13.7. The Kier molecular flexibility index (Phi) is 5.24. The predicted octanol–water partition coefficient (Wildman–Crippen LogP) is 5.06. The van der Waals surface area contributed by atoms with Gasteiger partial charge in [0.05, 0.1) is 21.7 Å². The molecule has 0 aliphatic carbocycles. The van der Waals surface area contributed by atoms with Crippen LogP contribution < -0.4 is 4.90 Å². The molecular formula is C22H18N4O3S. The number of nitro groups is 1. The number of pyridine rings is 1. The van der Waals surface area contributed by atoms with Gasteiger partial charge in [-0.15, -0.1) is 0 Å². The summed E-state index contributed by atoms with van der Waals surface area (Å²) >= 11 is 1.40. The monoisotopic (exact) mass is 418 g/mol. The molecule has 0 saturated heterocycles. The maximum atomic E-state index is 13.5. The van der Waals surface area contributed by atoms with Crippen LogP contribution in [0, 0.1) is 24.0 Å². The van der Waals surface area contributed by atoms with Gasteiger partial charge in [-0.1, -0.05) is 35.6 Å². The molecule has 0 atom stereocenters. The van der Waals surface area contributed by atoms with Gasteiger partial charge >= 0.3 is 0 Å². The predicted molar refractivity (Wildman–Crippen MR) is 117 cm³/mol. The first-order chi connectivity index (χ1) is 14.4. The van der Waals surface area contributed by atoms with E-state index in [9.17, 15) is 14.9 Å². The van der Waals surface area contributed by atoms with Gasteiger partial charge in [-0.3, -0.25) is 24.8 Å². The number of nitrogens with zero attached hydrogens (tertiary/aromatic N) is 4. The van der Waals surface area contributed by atoms with Crippen LogP contribution in [0.15, 0.2) is 60.9 Å². The Bertz CT molecular complexity index is 1250. The van der Waals surface area contributed by atoms with E-state index in [0.717, 1.165) is 26.9 Å². The molecule has 0 radical (unpaired) electrons. The average molecular weight is 418 g/mol. The number of hydrogen-bond donors (Lipinski definition) is 0. The molecule has 2 heterocycles. The molecule has 150 valence electrons. The standard InChI is InChI=1S/C22H18N4O3S/c1-14-10-15(2)20-18(11-14)24-22(30-20)25(13-16-6-5-9-23-12-16)21(27)17-7-3-4-8-19(17)26(28)29/h3-12H,13H2,1-2H3. The molecule has 0 aliphatic rings. The quantitative estimate of drug-likeness (QED) is 0.334. The van der Waals surface area contributed by atoms with Crippen LogP contribution in [0.5, 0.6) is 0 Å². The largest absolute Gasteiger partial charge is 0.282 e. The zero-order valence-electron chi connectivity index (χ0n) is 16.4. The molecule has 4 rings (SSSR count). The van der Waals surface area contributed by atoms with Crippen molar-refractivity contribution in [1.82, 2.24) is 9.97 Å². The van der Waals surface area contributed by atoms with Crippen molar-refractivity contribution in [3.8, 4) is 0 Å². The highest BCUT2D eigenvalue weighted by Crippen LogP contribution is 2.34. The number of hydrogen-bond acceptors (Lipinski definition) is 6. The van der Waals surface area contributed by atoms with Crippen LogP contribution in [-0.4, -0.2) is 20.8 Å². The number of anilines is 1. The zero-order valence-corrected chi connectivity index (χ0v) is 17.2. The summed E-state index contributed by atoms with van der Waals surface area (Å²) in [7, 11) is 0. The first-order valence-corrected chi connectivity index (χ1v) is 10.1. The van der Waals surface area contributed by atoms with Crippen molar-refractivity contribution < 1.29 is 9.72 Å². The van der Waals surface area contributed by atoms with Crippen LogP contribution in [0.1, 0.15) is 27.0 Å². The van der Waals surface area contributed by atoms with Crippen LogP contribution in [0.4, 0.5) is 10.8 Å². The highest BCUT2D eigenvalue weighted by Gasteiger charge is 2.27. The Balaban J connectivity index is 1.84. The molecule has 0 aliphatic heterocycles. The minimum atomic E-state index is -0.540. The van der Waals surface area contributed by atoms with Crippen molar-refractivity contribution in [3.05, 3.63) is 93.3 Å². The molecule has 30 heavy (non-hydrogen) atoms. The molecule has 0 bridgehead atoms. The maximum absolute atomic E-state index is 13.5. The van der Waals surface area contributed by atoms with E-state index < -0.39 is 10.8 Å². The zero-order chi connectivity index (χ0) is 21.3. The molecule has 0 N–H and O–H groups in total. The second-order valence-corrected chi connectivity index (χ2v) is 7.93. The number of carbonyl (C=O) groups excluding carboxylic acids is 1. The number of para-hydroxylation sites is 1. The summed E-state index contributed by atoms with van der Waals surface area (Å²) in [5.74, 6) is -0.473. The third-order valence-corrected chi connectivity index (χ3v) is 5.91. The minimum absolute atomic E-state index is 0.0264. The number of thiazole rings is 1. The highest BCUT2D eigenvalue weighted by molar-refractivity contribution is 7.22. The average Bonchev–Trinajstić information content (AvgIpc) is 3.16. The topological polar surface area (TPSA) is 89.2 Å². The van der Waals surface area contributed by atoms with Gasteiger partial charge in [0.25, 0.3) is 11.6 Å². The van der Waals surface area contributed by atoms with Gasteiger partial charge in [-0.05, 0) is 48.7 Å². The fourth-order valence-electron chi connectivity index (χ4n) is 3.34. The number of aryl methyl sites for hydroxylation is 2. The summed E-state index contributed by atoms with van der Waals surface area (Å²) in [6.07, 6.45) is 3.32. The summed E-state index contributed by atoms with van der Waals surface area (Å²) in [5, 5.41) is 12.0. The van der Waals surface area contributed by atoms with E-state index in [1.54, 1.807) is 30.6 Å². The fraction of sp³-hybridized carbons (Fsp3) is 0.136. The van der Waals surface area contributed by atoms with Crippen molar-refractivity contribution in [1.29, 1.82) is 0 Å². The lowest BCUT2D eigenvalue weighted by atomic mass is 10.1. The van der Waals surface area contributed by atoms with Crippen LogP contribution in [0.25, 0.3) is 10.2 Å². The smallest absolute Gasteiger partial charge is 0.279 e. The van der Waals surface area contributed by atoms with E-state index in [1.807, 2.05) is 26.0 Å². The van der Waals surface area contributed by atoms with Gasteiger partial charge in [0, 0.05) is 18.5 Å². The number of amides is 1. The van der Waals surface area contributed by atoms with E-state index in [1.165, 1.54) is 28.4 Å². The fourth-order valence-corrected chi connectivity index (χ4v) is 4.35. The number of fused-ring (bicyclic) bond motifs is 1. The Morgan fingerprint density at radius 1 is 1.17 bits per heavy atom. The van der Waals surface area contributed by atoms with Gasteiger partial charge in [-0.25, -0.2) is 4.98 Å². The molecule has 0 fully saturated rings. The summed E-state index contributed by atoms with van der Waals surface area (Å²) in [6.45, 7) is 4.21. The van der Waals surface area contributed by atoms with E-state index in [2.05, 4.69) is 16.0 Å². The van der Waals surface area contributed by atoms with Crippen LogP contribution >= 0.6 is 11.3 Å². The van der Waals surface area contributed by atoms with E-state index in [4.69, 9.17) is 0 Å². The first-order valence-electron chi connectivity index (χ1n) is 9.26. The Labute approximate surface area is 176 Å². The SMILES string of the molecule is Cc1cc(C)c2sc(N(Cc3cccnc3)C(=O)c3ccccc3[N+](=O)[O-])nc2c1. The summed E-state index contributed by atoms with van der Waals surface area (Å²) < 4.78 is 0.988. The lowest BCUT2D eigenvalue weighted by Crippen LogP contribution is -2.31. The molecule has 2 aromatic heterocycles. The number of aromatic nitrogens is 2. The van der Waals surface area contributed by atoms with Crippen molar-refractivity contribution in [2.45, 2.75) is 20.4 Å². The molecule has 8 heteroatoms. The van der Waals surface area contributed by atoms with Gasteiger partial charge in [0.1, 0.15) is 5.56 Å². The second-order valence-electron chi connectivity index (χ2n) is 6.95. The van der Waals surface area contributed by atoms with Gasteiger partial charge in [0.15, 0.2) is 5.13 Å². The molecule has 7 nitrogen and oxygen atoms in total. The second kappa shape index (κ2) is 8.00. The molecule has 0 spiro atoms. The van der Waals surface area contributed by atoms with Gasteiger partial charge in [-0.2, -0.15) is 0 Å². The molecule has 2 aromatic carbocycles. The van der Waals surface area contributed by atoms with Crippen LogP contribution in [-0.2, 0) is 6.54 Å². The van der Waals surface area contributed by atoms with Crippen LogP contribution in [0.3, 0.4) is 0 Å². The number of benzene rings is 2. The van der Waals surface area contributed by atoms with Crippen LogP contribution in [0.2, 0.25) is 0 Å². The highest BCUT2D eigenvalue weighted by atomic mass is 32.1. The number of carbonyl (C=O) groups is 1. The van der Waals surface area contributed by atoms with E-state index >= 15 is 0 Å². The first kappa shape index (κ1) is 19.7. The lowest BCUT2D eigenvalue weighted by Gasteiger charge is -2.20. The van der Waals surface area contributed by atoms with E-state index in [0.29, 0.717) is 5.13 Å². The lowest BCUT2D eigenvalue weighted by molar-refractivity contribution is -0.385. The number of nitro benzene ring substituents is 1. The van der Waals surface area contributed by atoms with Crippen molar-refractivity contribution in [2.24, 2.45) is 0 Å². The van der Waals surface area contributed by atoms with Crippen molar-refractivity contribution in [2.75, 3.05) is 4.90 Å². The number of rotatable bonds is 5. The van der Waals surface area contributed by atoms with E-state index in [-0.39, 0.29) is 17.8 Å². The van der Waals surface area contributed by atoms with Gasteiger partial charge in [0.2, 0.25) is 0 Å². The Morgan fingerprint density at radius 2 is 1.97 bits per heavy atom. The molecule has 0 unspecified atom stereocenters. The maximum Gasteiger partial charge on any atom is 0.282 e. The molecular weight excluding hydrogens is 400 g/mol. The third-order valence-electron chi connectivity index (χ3n) is 4.68. The Morgan fingerprint density at radius 3 is 2.70 bits per heavy atom.